The van der Waals surface area contributed by atoms with E-state index in [2.05, 4.69) is 15.9 Å². The molecule has 0 bridgehead atoms. The fourth-order valence-electron chi connectivity index (χ4n) is 3.72. The minimum Gasteiger partial charge on any atom is -0.495 e. The van der Waals surface area contributed by atoms with Crippen LogP contribution in [0.15, 0.2) is 53.0 Å². The van der Waals surface area contributed by atoms with Crippen LogP contribution in [0, 0.1) is 0 Å². The van der Waals surface area contributed by atoms with E-state index < -0.39 is 21.9 Å². The number of halogens is 1. The van der Waals surface area contributed by atoms with Gasteiger partial charge in [-0.2, -0.15) is 0 Å². The number of nitrogens with zero attached hydrogens (tertiary/aromatic N) is 2. The Labute approximate surface area is 160 Å². The summed E-state index contributed by atoms with van der Waals surface area (Å²) in [6, 6.07) is 13.4. The lowest BCUT2D eigenvalue weighted by atomic mass is 10.1. The second kappa shape index (κ2) is 6.28. The van der Waals surface area contributed by atoms with Gasteiger partial charge in [0, 0.05) is 10.2 Å². The lowest BCUT2D eigenvalue weighted by Crippen LogP contribution is -2.38. The molecule has 136 valence electrons. The number of hydrogen-bond donors (Lipinski definition) is 0. The van der Waals surface area contributed by atoms with E-state index in [0.29, 0.717) is 17.1 Å². The van der Waals surface area contributed by atoms with E-state index in [1.165, 1.54) is 7.11 Å². The first-order chi connectivity index (χ1) is 12.4. The van der Waals surface area contributed by atoms with Crippen molar-refractivity contribution in [1.82, 2.24) is 0 Å². The maximum atomic E-state index is 13.3. The molecule has 2 saturated heterocycles. The molecule has 6 nitrogen and oxygen atoms in total. The number of hydrogen-bond acceptors (Lipinski definition) is 4. The monoisotopic (exact) mass is 436 g/mol. The van der Waals surface area contributed by atoms with Crippen molar-refractivity contribution in [3.8, 4) is 5.75 Å². The molecule has 2 aromatic rings. The molecular weight excluding hydrogens is 420 g/mol. The highest BCUT2D eigenvalue weighted by atomic mass is 79.9. The number of anilines is 2. The predicted octanol–water partition coefficient (Wildman–Crippen LogP) is 3.07. The molecule has 2 aliphatic rings. The first kappa shape index (κ1) is 17.4. The van der Waals surface area contributed by atoms with Crippen LogP contribution in [0.2, 0.25) is 0 Å². The van der Waals surface area contributed by atoms with Gasteiger partial charge >= 0.3 is 6.03 Å². The highest BCUT2D eigenvalue weighted by Gasteiger charge is 2.54. The Balaban J connectivity index is 1.83. The summed E-state index contributed by atoms with van der Waals surface area (Å²) in [6.07, 6.45) is 0. The molecule has 0 saturated carbocycles. The molecule has 0 N–H and O–H groups in total. The number of sulfone groups is 1. The van der Waals surface area contributed by atoms with Gasteiger partial charge in [-0.15, -0.1) is 0 Å². The highest BCUT2D eigenvalue weighted by Crippen LogP contribution is 2.41. The summed E-state index contributed by atoms with van der Waals surface area (Å²) >= 11 is 3.38. The molecule has 0 spiro atoms. The van der Waals surface area contributed by atoms with Crippen LogP contribution >= 0.6 is 15.9 Å². The second-order valence-electron chi connectivity index (χ2n) is 6.38. The molecule has 2 heterocycles. The quantitative estimate of drug-likeness (QED) is 0.693. The number of rotatable bonds is 3. The topological polar surface area (TPSA) is 66.9 Å². The molecule has 0 aromatic heterocycles. The van der Waals surface area contributed by atoms with Crippen LogP contribution in [0.4, 0.5) is 16.2 Å². The summed E-state index contributed by atoms with van der Waals surface area (Å²) in [7, 11) is -1.69. The zero-order chi connectivity index (χ0) is 18.5. The summed E-state index contributed by atoms with van der Waals surface area (Å²) in [6.45, 7) is 0. The molecule has 26 heavy (non-hydrogen) atoms. The van der Waals surface area contributed by atoms with Gasteiger partial charge in [-0.25, -0.2) is 13.2 Å². The van der Waals surface area contributed by atoms with Crippen molar-refractivity contribution in [3.63, 3.8) is 0 Å². The minimum atomic E-state index is -3.22. The molecule has 2 aliphatic heterocycles. The van der Waals surface area contributed by atoms with E-state index >= 15 is 0 Å². The van der Waals surface area contributed by atoms with Crippen LogP contribution in [0.3, 0.4) is 0 Å². The van der Waals surface area contributed by atoms with E-state index in [4.69, 9.17) is 4.74 Å². The van der Waals surface area contributed by atoms with Crippen LogP contribution in [0.1, 0.15) is 0 Å². The molecule has 4 rings (SSSR count). The van der Waals surface area contributed by atoms with E-state index in [0.717, 1.165) is 4.47 Å². The van der Waals surface area contributed by atoms with Gasteiger partial charge in [0.2, 0.25) is 0 Å². The number of carbonyl (C=O) groups excluding carboxylic acids is 1. The van der Waals surface area contributed by atoms with E-state index in [1.54, 1.807) is 21.9 Å². The number of ether oxygens (including phenoxy) is 1. The Bertz CT molecular complexity index is 961. The third-order valence-corrected chi connectivity index (χ3v) is 7.05. The summed E-state index contributed by atoms with van der Waals surface area (Å²) < 4.78 is 30.9. The van der Waals surface area contributed by atoms with Crippen molar-refractivity contribution < 1.29 is 17.9 Å². The van der Waals surface area contributed by atoms with Crippen molar-refractivity contribution in [1.29, 1.82) is 0 Å². The Morgan fingerprint density at radius 2 is 1.62 bits per heavy atom. The van der Waals surface area contributed by atoms with E-state index in [-0.39, 0.29) is 17.5 Å². The van der Waals surface area contributed by atoms with Gasteiger partial charge in [0.05, 0.1) is 36.4 Å². The molecule has 0 radical (unpaired) electrons. The fourth-order valence-corrected chi connectivity index (χ4v) is 5.90. The third-order valence-electron chi connectivity index (χ3n) is 4.82. The maximum absolute atomic E-state index is 13.3. The molecule has 8 heteroatoms. The number of para-hydroxylation sites is 2. The fraction of sp³-hybridized carbons (Fsp3) is 0.278. The first-order valence-electron chi connectivity index (χ1n) is 8.13. The predicted molar refractivity (Wildman–Crippen MR) is 104 cm³/mol. The molecule has 0 aliphatic carbocycles. The average Bonchev–Trinajstić information content (AvgIpc) is 3.04. The molecule has 2 amide bonds. The van der Waals surface area contributed by atoms with Crippen LogP contribution in [0.5, 0.6) is 5.75 Å². The van der Waals surface area contributed by atoms with E-state index in [9.17, 15) is 13.2 Å². The number of urea groups is 1. The van der Waals surface area contributed by atoms with Gasteiger partial charge in [0.1, 0.15) is 5.75 Å². The third kappa shape index (κ3) is 2.77. The second-order valence-corrected chi connectivity index (χ2v) is 9.45. The normalized spacial score (nSPS) is 24.0. The zero-order valence-electron chi connectivity index (χ0n) is 14.0. The number of methoxy groups -OCH3 is 1. The molecule has 2 atom stereocenters. The molecule has 2 fully saturated rings. The number of benzene rings is 2. The van der Waals surface area contributed by atoms with Gasteiger partial charge in [0.15, 0.2) is 9.84 Å². The largest absolute Gasteiger partial charge is 0.495 e. The summed E-state index contributed by atoms with van der Waals surface area (Å²) in [4.78, 5) is 16.4. The summed E-state index contributed by atoms with van der Waals surface area (Å²) in [5, 5.41) is 0. The highest BCUT2D eigenvalue weighted by molar-refractivity contribution is 9.10. The van der Waals surface area contributed by atoms with Gasteiger partial charge in [-0.3, -0.25) is 9.80 Å². The Kier molecular flexibility index (Phi) is 4.19. The average molecular weight is 437 g/mol. The smallest absolute Gasteiger partial charge is 0.329 e. The maximum Gasteiger partial charge on any atom is 0.329 e. The summed E-state index contributed by atoms with van der Waals surface area (Å²) in [5.74, 6) is 0.459. The van der Waals surface area contributed by atoms with Crippen molar-refractivity contribution in [2.24, 2.45) is 0 Å². The van der Waals surface area contributed by atoms with Crippen molar-refractivity contribution >= 4 is 43.2 Å². The van der Waals surface area contributed by atoms with Crippen molar-refractivity contribution in [2.75, 3.05) is 28.4 Å². The van der Waals surface area contributed by atoms with Gasteiger partial charge in [-0.05, 0) is 36.4 Å². The first-order valence-corrected chi connectivity index (χ1v) is 10.7. The Hall–Kier alpha value is -2.06. The van der Waals surface area contributed by atoms with Crippen LogP contribution in [-0.2, 0) is 9.84 Å². The lowest BCUT2D eigenvalue weighted by molar-refractivity contribution is 0.255. The van der Waals surface area contributed by atoms with Crippen molar-refractivity contribution in [3.05, 3.63) is 53.0 Å². The molecule has 0 unspecified atom stereocenters. The number of fused-ring (bicyclic) bond motifs is 1. The lowest BCUT2D eigenvalue weighted by Gasteiger charge is -2.24. The standard InChI is InChI=1S/C18H17BrN2O4S/c1-25-17-5-3-2-4-14(17)21-16-11-26(23,24)10-15(16)20(18(21)22)13-8-6-12(19)7-9-13/h2-9,15-16H,10-11H2,1H3/t15-,16-/m0/s1. The van der Waals surface area contributed by atoms with Crippen LogP contribution in [-0.4, -0.2) is 45.1 Å². The number of amides is 2. The number of carbonyl (C=O) groups is 1. The summed E-state index contributed by atoms with van der Waals surface area (Å²) in [5.41, 5.74) is 1.27. The van der Waals surface area contributed by atoms with E-state index in [1.807, 2.05) is 36.4 Å². The minimum absolute atomic E-state index is 0.0366. The zero-order valence-corrected chi connectivity index (χ0v) is 16.4. The van der Waals surface area contributed by atoms with Crippen molar-refractivity contribution in [2.45, 2.75) is 12.1 Å². The SMILES string of the molecule is COc1ccccc1N1C(=O)N(c2ccc(Br)cc2)[C@H]2CS(=O)(=O)C[C@@H]21. The Morgan fingerprint density at radius 1 is 1.00 bits per heavy atom. The Morgan fingerprint density at radius 3 is 2.27 bits per heavy atom. The van der Waals surface area contributed by atoms with Gasteiger partial charge in [0.25, 0.3) is 0 Å². The molecular formula is C18H17BrN2O4S. The van der Waals surface area contributed by atoms with Gasteiger partial charge < -0.3 is 4.74 Å². The van der Waals surface area contributed by atoms with Crippen LogP contribution in [0.25, 0.3) is 0 Å². The molecule has 2 aromatic carbocycles. The van der Waals surface area contributed by atoms with Gasteiger partial charge in [-0.1, -0.05) is 28.1 Å². The van der Waals surface area contributed by atoms with Crippen LogP contribution < -0.4 is 14.5 Å².